The minimum absolute atomic E-state index is 0.0417. The van der Waals surface area contributed by atoms with E-state index in [0.29, 0.717) is 0 Å². The Morgan fingerprint density at radius 3 is 2.00 bits per heavy atom. The maximum Gasteiger partial charge on any atom is 0.0445 e. The molecule has 0 aromatic heterocycles. The van der Waals surface area contributed by atoms with E-state index in [0.717, 1.165) is 0 Å². The summed E-state index contributed by atoms with van der Waals surface area (Å²) >= 11 is 1.68. The predicted molar refractivity (Wildman–Crippen MR) is 36.4 cm³/mol. The molecule has 0 aromatic rings. The van der Waals surface area contributed by atoms with Gasteiger partial charge in [-0.25, -0.2) is 0 Å². The summed E-state index contributed by atoms with van der Waals surface area (Å²) < 4.78 is 0.0417. The van der Waals surface area contributed by atoms with E-state index in [1.165, 1.54) is 6.21 Å². The molecule has 0 unspecified atom stereocenters. The van der Waals surface area contributed by atoms with Crippen LogP contribution < -0.4 is 0 Å². The van der Waals surface area contributed by atoms with Crippen LogP contribution in [0.5, 0.6) is 0 Å². The van der Waals surface area contributed by atoms with Crippen molar-refractivity contribution in [2.45, 2.75) is 18.6 Å². The molecule has 0 aliphatic heterocycles. The van der Waals surface area contributed by atoms with Gasteiger partial charge >= 0.3 is 0 Å². The number of hydrogen-bond acceptors (Lipinski definition) is 2. The Balaban J connectivity index is 3.58. The summed E-state index contributed by atoms with van der Waals surface area (Å²) in [6, 6.07) is 0. The molecule has 0 rings (SSSR count). The highest BCUT2D eigenvalue weighted by atomic mass is 32.2. The Labute approximate surface area is 49.0 Å². The molecule has 1 N–H and O–H groups in total. The Morgan fingerprint density at radius 1 is 1.57 bits per heavy atom. The molecule has 0 heterocycles. The van der Waals surface area contributed by atoms with E-state index in [1.807, 2.05) is 20.1 Å². The van der Waals surface area contributed by atoms with Crippen molar-refractivity contribution in [2.75, 3.05) is 6.26 Å². The Kier molecular flexibility index (Phi) is 2.37. The van der Waals surface area contributed by atoms with E-state index in [1.54, 1.807) is 11.8 Å². The molecule has 0 radical (unpaired) electrons. The number of nitrogens with one attached hydrogen (secondary N) is 1. The van der Waals surface area contributed by atoms with E-state index >= 15 is 0 Å². The third-order valence-corrected chi connectivity index (χ3v) is 2.04. The van der Waals surface area contributed by atoms with Gasteiger partial charge in [-0.3, -0.25) is 0 Å². The minimum Gasteiger partial charge on any atom is -0.312 e. The maximum absolute atomic E-state index is 6.86. The highest BCUT2D eigenvalue weighted by molar-refractivity contribution is 8.00. The second-order valence-corrected chi connectivity index (χ2v) is 3.41. The number of hydrogen-bond donors (Lipinski definition) is 1. The van der Waals surface area contributed by atoms with Crippen LogP contribution >= 0.6 is 11.8 Å². The van der Waals surface area contributed by atoms with Gasteiger partial charge in [-0.1, -0.05) is 0 Å². The normalized spacial score (nSPS) is 11.3. The molecule has 0 aliphatic rings. The van der Waals surface area contributed by atoms with Gasteiger partial charge in [0, 0.05) is 11.0 Å². The molecule has 7 heavy (non-hydrogen) atoms. The first-order valence-electron chi connectivity index (χ1n) is 2.19. The molecular weight excluding hydrogens is 106 g/mol. The predicted octanol–water partition coefficient (Wildman–Crippen LogP) is 1.78. The van der Waals surface area contributed by atoms with Gasteiger partial charge in [0.2, 0.25) is 0 Å². The first-order valence-corrected chi connectivity index (χ1v) is 3.41. The van der Waals surface area contributed by atoms with Crippen molar-refractivity contribution < 1.29 is 0 Å². The summed E-state index contributed by atoms with van der Waals surface area (Å²) in [5.41, 5.74) is 0. The fourth-order valence-corrected chi connectivity index (χ4v) is 0.177. The van der Waals surface area contributed by atoms with Gasteiger partial charge in [-0.05, 0) is 20.1 Å². The van der Waals surface area contributed by atoms with Crippen LogP contribution in [0.25, 0.3) is 0 Å². The zero-order chi connectivity index (χ0) is 5.91. The van der Waals surface area contributed by atoms with Crippen LogP contribution in [0.1, 0.15) is 13.8 Å². The van der Waals surface area contributed by atoms with Gasteiger partial charge < -0.3 is 5.41 Å². The van der Waals surface area contributed by atoms with Crippen LogP contribution in [0.15, 0.2) is 0 Å². The molecule has 42 valence electrons. The van der Waals surface area contributed by atoms with Crippen molar-refractivity contribution in [3.05, 3.63) is 0 Å². The molecule has 2 heteroatoms. The van der Waals surface area contributed by atoms with Gasteiger partial charge in [0.05, 0.1) is 0 Å². The summed E-state index contributed by atoms with van der Waals surface area (Å²) in [7, 11) is 0. The fourth-order valence-electron chi connectivity index (χ4n) is 0.0589. The Bertz CT molecular complexity index is 68.5. The van der Waals surface area contributed by atoms with Crippen molar-refractivity contribution in [3.63, 3.8) is 0 Å². The third kappa shape index (κ3) is 2.68. The lowest BCUT2D eigenvalue weighted by Gasteiger charge is -2.12. The minimum atomic E-state index is 0.0417. The van der Waals surface area contributed by atoms with Crippen molar-refractivity contribution in [1.82, 2.24) is 0 Å². The third-order valence-electron chi connectivity index (χ3n) is 0.874. The monoisotopic (exact) mass is 117 g/mol. The largest absolute Gasteiger partial charge is 0.312 e. The quantitative estimate of drug-likeness (QED) is 0.548. The fraction of sp³-hybridized carbons (Fsp3) is 0.800. The standard InChI is InChI=1S/C5H11NS/c1-5(2,4-6)7-3/h4,6H,1-3H3. The summed E-state index contributed by atoms with van der Waals surface area (Å²) in [6.45, 7) is 4.04. The Hall–Kier alpha value is 0.0200. The van der Waals surface area contributed by atoms with Crippen LogP contribution in [-0.4, -0.2) is 17.2 Å². The second kappa shape index (κ2) is 2.36. The van der Waals surface area contributed by atoms with Gasteiger partial charge in [-0.2, -0.15) is 11.8 Å². The number of thioether (sulfide) groups is 1. The van der Waals surface area contributed by atoms with Crippen LogP contribution in [0.3, 0.4) is 0 Å². The van der Waals surface area contributed by atoms with Crippen LogP contribution in [0, 0.1) is 5.41 Å². The van der Waals surface area contributed by atoms with E-state index < -0.39 is 0 Å². The van der Waals surface area contributed by atoms with E-state index in [4.69, 9.17) is 5.41 Å². The summed E-state index contributed by atoms with van der Waals surface area (Å²) in [4.78, 5) is 0. The molecule has 0 bridgehead atoms. The van der Waals surface area contributed by atoms with Crippen molar-refractivity contribution in [1.29, 1.82) is 5.41 Å². The SMILES string of the molecule is CSC(C)(C)C=N. The van der Waals surface area contributed by atoms with Crippen LogP contribution in [0.2, 0.25) is 0 Å². The molecule has 0 aromatic carbocycles. The lowest BCUT2D eigenvalue weighted by atomic mass is 10.2. The molecule has 0 fully saturated rings. The molecule has 0 saturated heterocycles. The van der Waals surface area contributed by atoms with Crippen molar-refractivity contribution >= 4 is 18.0 Å². The lowest BCUT2D eigenvalue weighted by molar-refractivity contribution is 0.970. The molecule has 1 nitrogen and oxygen atoms in total. The molecule has 0 amide bonds. The van der Waals surface area contributed by atoms with E-state index in [9.17, 15) is 0 Å². The lowest BCUT2D eigenvalue weighted by Crippen LogP contribution is -2.13. The average Bonchev–Trinajstić information content (AvgIpc) is 1.68. The van der Waals surface area contributed by atoms with Crippen molar-refractivity contribution in [3.8, 4) is 0 Å². The first kappa shape index (κ1) is 7.02. The average molecular weight is 117 g/mol. The topological polar surface area (TPSA) is 23.9 Å². The first-order chi connectivity index (χ1) is 3.12. The highest BCUT2D eigenvalue weighted by Gasteiger charge is 2.09. The van der Waals surface area contributed by atoms with E-state index in [2.05, 4.69) is 0 Å². The van der Waals surface area contributed by atoms with Gasteiger partial charge in [0.1, 0.15) is 0 Å². The molecule has 0 aliphatic carbocycles. The number of rotatable bonds is 2. The summed E-state index contributed by atoms with van der Waals surface area (Å²) in [6.07, 6.45) is 3.46. The van der Waals surface area contributed by atoms with Crippen LogP contribution in [-0.2, 0) is 0 Å². The van der Waals surface area contributed by atoms with E-state index in [-0.39, 0.29) is 4.75 Å². The molecule has 0 spiro atoms. The molecule has 0 atom stereocenters. The van der Waals surface area contributed by atoms with Gasteiger partial charge in [0.15, 0.2) is 0 Å². The van der Waals surface area contributed by atoms with Gasteiger partial charge in [0.25, 0.3) is 0 Å². The summed E-state index contributed by atoms with van der Waals surface area (Å²) in [5, 5.41) is 6.86. The van der Waals surface area contributed by atoms with Crippen LogP contribution in [0.4, 0.5) is 0 Å². The maximum atomic E-state index is 6.86. The zero-order valence-electron chi connectivity index (χ0n) is 4.99. The molecule has 0 saturated carbocycles. The smallest absolute Gasteiger partial charge is 0.0445 e. The van der Waals surface area contributed by atoms with Gasteiger partial charge in [-0.15, -0.1) is 0 Å². The molecular formula is C5H11NS. The second-order valence-electron chi connectivity index (χ2n) is 1.95. The van der Waals surface area contributed by atoms with Crippen molar-refractivity contribution in [2.24, 2.45) is 0 Å². The highest BCUT2D eigenvalue weighted by Crippen LogP contribution is 2.16. The summed E-state index contributed by atoms with van der Waals surface area (Å²) in [5.74, 6) is 0. The zero-order valence-corrected chi connectivity index (χ0v) is 5.80. The Morgan fingerprint density at radius 2 is 2.00 bits per heavy atom.